The molecule has 1 amide bonds. The fourth-order valence-electron chi connectivity index (χ4n) is 3.88. The standard InChI is InChI=1S/C26H25N3O6S/c1-4-5-13-35-18-8-6-7-17(14-18)21(30)19-20(16-9-11-27-12-10-16)29(24(32)22(19)31)26-28-15(2)23(36-26)25(33)34-3/h6-12,14,20,30H,4-5,13H2,1-3H3. The van der Waals surface area contributed by atoms with Crippen LogP contribution in [0.1, 0.15) is 52.3 Å². The molecule has 2 aromatic heterocycles. The summed E-state index contributed by atoms with van der Waals surface area (Å²) in [5.41, 5.74) is 1.17. The number of amides is 1. The van der Waals surface area contributed by atoms with E-state index in [0.29, 0.717) is 29.2 Å². The lowest BCUT2D eigenvalue weighted by atomic mass is 9.96. The van der Waals surface area contributed by atoms with Gasteiger partial charge in [0.1, 0.15) is 16.4 Å². The first-order chi connectivity index (χ1) is 17.4. The van der Waals surface area contributed by atoms with E-state index in [2.05, 4.69) is 16.9 Å². The van der Waals surface area contributed by atoms with Gasteiger partial charge in [0.25, 0.3) is 5.78 Å². The molecule has 0 spiro atoms. The SMILES string of the molecule is CCCCOc1cccc(C(O)=C2C(=O)C(=O)N(c3nc(C)c(C(=O)OC)s3)C2c2ccncc2)c1. The van der Waals surface area contributed by atoms with Crippen molar-refractivity contribution >= 4 is 39.9 Å². The molecule has 0 bridgehead atoms. The van der Waals surface area contributed by atoms with E-state index in [9.17, 15) is 19.5 Å². The summed E-state index contributed by atoms with van der Waals surface area (Å²) >= 11 is 0.944. The molecule has 3 aromatic rings. The summed E-state index contributed by atoms with van der Waals surface area (Å²) < 4.78 is 10.5. The zero-order chi connectivity index (χ0) is 25.8. The van der Waals surface area contributed by atoms with Crippen LogP contribution in [0.3, 0.4) is 0 Å². The fraction of sp³-hybridized carbons (Fsp3) is 0.269. The van der Waals surface area contributed by atoms with E-state index in [-0.39, 0.29) is 21.3 Å². The number of aliphatic hydroxyl groups is 1. The van der Waals surface area contributed by atoms with Gasteiger partial charge in [-0.25, -0.2) is 9.78 Å². The van der Waals surface area contributed by atoms with Crippen LogP contribution in [0.4, 0.5) is 5.13 Å². The number of hydrogen-bond acceptors (Lipinski definition) is 9. The number of rotatable bonds is 8. The quantitative estimate of drug-likeness (QED) is 0.156. The minimum atomic E-state index is -0.978. The molecule has 4 rings (SSSR count). The first-order valence-corrected chi connectivity index (χ1v) is 12.2. The number of anilines is 1. The fourth-order valence-corrected chi connectivity index (χ4v) is 4.89. The lowest BCUT2D eigenvalue weighted by Gasteiger charge is -2.22. The highest BCUT2D eigenvalue weighted by atomic mass is 32.1. The van der Waals surface area contributed by atoms with Crippen LogP contribution in [-0.2, 0) is 14.3 Å². The monoisotopic (exact) mass is 507 g/mol. The highest BCUT2D eigenvalue weighted by Gasteiger charge is 2.48. The number of pyridine rings is 1. The molecule has 186 valence electrons. The van der Waals surface area contributed by atoms with Crippen LogP contribution >= 0.6 is 11.3 Å². The van der Waals surface area contributed by atoms with E-state index >= 15 is 0 Å². The van der Waals surface area contributed by atoms with Gasteiger partial charge in [-0.3, -0.25) is 19.5 Å². The maximum absolute atomic E-state index is 13.3. The van der Waals surface area contributed by atoms with E-state index < -0.39 is 23.7 Å². The third kappa shape index (κ3) is 4.72. The van der Waals surface area contributed by atoms with Crippen molar-refractivity contribution in [3.05, 3.63) is 76.1 Å². The Labute approximate surface area is 212 Å². The lowest BCUT2D eigenvalue weighted by molar-refractivity contribution is -0.132. The zero-order valence-corrected chi connectivity index (χ0v) is 20.9. The molecule has 1 aliphatic rings. The van der Waals surface area contributed by atoms with Gasteiger partial charge < -0.3 is 14.6 Å². The summed E-state index contributed by atoms with van der Waals surface area (Å²) in [7, 11) is 1.25. The number of carbonyl (C=O) groups is 3. The van der Waals surface area contributed by atoms with Gasteiger partial charge >= 0.3 is 11.9 Å². The molecule has 9 nitrogen and oxygen atoms in total. The van der Waals surface area contributed by atoms with Crippen LogP contribution in [0.5, 0.6) is 5.75 Å². The van der Waals surface area contributed by atoms with E-state index in [0.717, 1.165) is 24.2 Å². The van der Waals surface area contributed by atoms with Gasteiger partial charge in [-0.05, 0) is 43.2 Å². The van der Waals surface area contributed by atoms with E-state index in [1.54, 1.807) is 43.3 Å². The van der Waals surface area contributed by atoms with Crippen molar-refractivity contribution in [2.45, 2.75) is 32.7 Å². The predicted octanol–water partition coefficient (Wildman–Crippen LogP) is 4.44. The molecule has 1 aliphatic heterocycles. The predicted molar refractivity (Wildman–Crippen MR) is 134 cm³/mol. The van der Waals surface area contributed by atoms with Crippen molar-refractivity contribution in [2.24, 2.45) is 0 Å². The summed E-state index contributed by atoms with van der Waals surface area (Å²) in [5, 5.41) is 11.5. The van der Waals surface area contributed by atoms with E-state index in [1.165, 1.54) is 24.4 Å². The Morgan fingerprint density at radius 1 is 1.19 bits per heavy atom. The summed E-state index contributed by atoms with van der Waals surface area (Å²) in [6.07, 6.45) is 4.92. The lowest BCUT2D eigenvalue weighted by Crippen LogP contribution is -2.29. The third-order valence-electron chi connectivity index (χ3n) is 5.70. The first-order valence-electron chi connectivity index (χ1n) is 11.4. The van der Waals surface area contributed by atoms with Gasteiger partial charge in [-0.1, -0.05) is 36.8 Å². The number of aliphatic hydroxyl groups excluding tert-OH is 1. The number of aryl methyl sites for hydroxylation is 1. The van der Waals surface area contributed by atoms with Crippen molar-refractivity contribution in [1.82, 2.24) is 9.97 Å². The number of esters is 1. The maximum atomic E-state index is 13.3. The highest BCUT2D eigenvalue weighted by Crippen LogP contribution is 2.44. The molecule has 1 saturated heterocycles. The van der Waals surface area contributed by atoms with Crippen molar-refractivity contribution < 1.29 is 29.0 Å². The van der Waals surface area contributed by atoms with Gasteiger partial charge in [-0.15, -0.1) is 0 Å². The van der Waals surface area contributed by atoms with Crippen LogP contribution in [-0.4, -0.2) is 46.5 Å². The second-order valence-electron chi connectivity index (χ2n) is 8.08. The molecule has 36 heavy (non-hydrogen) atoms. The van der Waals surface area contributed by atoms with Gasteiger partial charge in [0.05, 0.1) is 31.0 Å². The van der Waals surface area contributed by atoms with Crippen molar-refractivity contribution in [3.63, 3.8) is 0 Å². The Kier molecular flexibility index (Phi) is 7.44. The number of aromatic nitrogens is 2. The number of methoxy groups -OCH3 is 1. The molecule has 1 atom stereocenters. The Balaban J connectivity index is 1.84. The van der Waals surface area contributed by atoms with Crippen molar-refractivity contribution in [3.8, 4) is 5.75 Å². The minimum Gasteiger partial charge on any atom is -0.507 e. The molecular weight excluding hydrogens is 482 g/mol. The number of benzene rings is 1. The summed E-state index contributed by atoms with van der Waals surface area (Å²) in [6.45, 7) is 4.20. The molecule has 0 radical (unpaired) electrons. The number of unbranched alkanes of at least 4 members (excludes halogenated alkanes) is 1. The summed E-state index contributed by atoms with van der Waals surface area (Å²) in [6, 6.07) is 9.07. The average molecular weight is 508 g/mol. The summed E-state index contributed by atoms with van der Waals surface area (Å²) in [5.74, 6) is -2.10. The molecule has 1 aromatic carbocycles. The molecule has 0 aliphatic carbocycles. The number of Topliss-reactive ketones (excluding diaryl/α,β-unsaturated/α-hetero) is 1. The number of carbonyl (C=O) groups excluding carboxylic acids is 3. The number of hydrogen-bond donors (Lipinski definition) is 1. The van der Waals surface area contributed by atoms with Crippen LogP contribution in [0, 0.1) is 6.92 Å². The second-order valence-corrected chi connectivity index (χ2v) is 9.06. The molecule has 1 N–H and O–H groups in total. The second kappa shape index (κ2) is 10.7. The third-order valence-corrected chi connectivity index (χ3v) is 6.84. The van der Waals surface area contributed by atoms with Gasteiger partial charge in [0.15, 0.2) is 5.13 Å². The molecular formula is C26H25N3O6S. The largest absolute Gasteiger partial charge is 0.507 e. The normalized spacial score (nSPS) is 16.9. The Bertz CT molecular complexity index is 1330. The van der Waals surface area contributed by atoms with Crippen molar-refractivity contribution in [2.75, 3.05) is 18.6 Å². The molecule has 10 heteroatoms. The first kappa shape index (κ1) is 25.1. The maximum Gasteiger partial charge on any atom is 0.350 e. The number of ether oxygens (including phenoxy) is 2. The van der Waals surface area contributed by atoms with Crippen LogP contribution in [0.2, 0.25) is 0 Å². The molecule has 3 heterocycles. The van der Waals surface area contributed by atoms with Gasteiger partial charge in [-0.2, -0.15) is 0 Å². The zero-order valence-electron chi connectivity index (χ0n) is 20.1. The number of ketones is 1. The Morgan fingerprint density at radius 3 is 2.64 bits per heavy atom. The Hall–Kier alpha value is -4.05. The van der Waals surface area contributed by atoms with Crippen LogP contribution < -0.4 is 9.64 Å². The topological polar surface area (TPSA) is 119 Å². The van der Waals surface area contributed by atoms with Gasteiger partial charge in [0, 0.05) is 18.0 Å². The molecule has 1 fully saturated rings. The molecule has 0 saturated carbocycles. The Morgan fingerprint density at radius 2 is 1.94 bits per heavy atom. The van der Waals surface area contributed by atoms with Crippen LogP contribution in [0.15, 0.2) is 54.4 Å². The minimum absolute atomic E-state index is 0.0932. The van der Waals surface area contributed by atoms with E-state index in [4.69, 9.17) is 9.47 Å². The average Bonchev–Trinajstić information content (AvgIpc) is 3.40. The summed E-state index contributed by atoms with van der Waals surface area (Å²) in [4.78, 5) is 48.5. The number of thiazole rings is 1. The van der Waals surface area contributed by atoms with Crippen LogP contribution in [0.25, 0.3) is 5.76 Å². The number of nitrogens with zero attached hydrogens (tertiary/aromatic N) is 3. The highest BCUT2D eigenvalue weighted by molar-refractivity contribution is 7.17. The smallest absolute Gasteiger partial charge is 0.350 e. The van der Waals surface area contributed by atoms with Gasteiger partial charge in [0.2, 0.25) is 0 Å². The van der Waals surface area contributed by atoms with Crippen molar-refractivity contribution in [1.29, 1.82) is 0 Å². The van der Waals surface area contributed by atoms with E-state index in [1.807, 2.05) is 0 Å². The molecule has 1 unspecified atom stereocenters.